The van der Waals surface area contributed by atoms with Crippen molar-refractivity contribution in [2.75, 3.05) is 6.54 Å². The number of hydrogen-bond donors (Lipinski definition) is 1. The molecule has 2 aliphatic rings. The van der Waals surface area contributed by atoms with Gasteiger partial charge in [0.15, 0.2) is 0 Å². The van der Waals surface area contributed by atoms with Crippen molar-refractivity contribution in [3.8, 4) is 0 Å². The third-order valence-corrected chi connectivity index (χ3v) is 5.19. The summed E-state index contributed by atoms with van der Waals surface area (Å²) >= 11 is 0. The van der Waals surface area contributed by atoms with Gasteiger partial charge in [-0.25, -0.2) is 0 Å². The highest BCUT2D eigenvalue weighted by atomic mass is 16.5. The van der Waals surface area contributed by atoms with Gasteiger partial charge in [0, 0.05) is 6.04 Å². The molecule has 1 saturated heterocycles. The molecule has 0 radical (unpaired) electrons. The zero-order valence-corrected chi connectivity index (χ0v) is 13.7. The molecule has 1 aromatic rings. The summed E-state index contributed by atoms with van der Waals surface area (Å²) < 4.78 is 6.24. The van der Waals surface area contributed by atoms with Crippen molar-refractivity contribution in [2.24, 2.45) is 5.92 Å². The van der Waals surface area contributed by atoms with Crippen molar-refractivity contribution >= 4 is 0 Å². The molecule has 0 bridgehead atoms. The Morgan fingerprint density at radius 2 is 2.05 bits per heavy atom. The van der Waals surface area contributed by atoms with Gasteiger partial charge in [0.1, 0.15) is 0 Å². The highest BCUT2D eigenvalue weighted by molar-refractivity contribution is 5.33. The van der Waals surface area contributed by atoms with Crippen LogP contribution in [0.3, 0.4) is 0 Å². The summed E-state index contributed by atoms with van der Waals surface area (Å²) in [4.78, 5) is 0. The third kappa shape index (κ3) is 3.32. The van der Waals surface area contributed by atoms with Crippen molar-refractivity contribution in [3.63, 3.8) is 0 Å². The predicted molar refractivity (Wildman–Crippen MR) is 87.5 cm³/mol. The summed E-state index contributed by atoms with van der Waals surface area (Å²) in [6.07, 6.45) is 6.59. The molecule has 1 fully saturated rings. The molecule has 116 valence electrons. The first kappa shape index (κ1) is 15.1. The summed E-state index contributed by atoms with van der Waals surface area (Å²) in [5, 5.41) is 3.73. The molecule has 3 unspecified atom stereocenters. The van der Waals surface area contributed by atoms with Crippen LogP contribution in [-0.4, -0.2) is 18.2 Å². The van der Waals surface area contributed by atoms with Crippen LogP contribution in [0.4, 0.5) is 0 Å². The lowest BCUT2D eigenvalue weighted by molar-refractivity contribution is -0.0277. The highest BCUT2D eigenvalue weighted by Crippen LogP contribution is 2.40. The molecule has 1 aliphatic carbocycles. The number of hydrogen-bond acceptors (Lipinski definition) is 2. The lowest BCUT2D eigenvalue weighted by atomic mass is 9.77. The summed E-state index contributed by atoms with van der Waals surface area (Å²) in [5.41, 5.74) is 3.14. The minimum Gasteiger partial charge on any atom is -0.372 e. The molecule has 1 N–H and O–H groups in total. The lowest BCUT2D eigenvalue weighted by Gasteiger charge is -2.36. The van der Waals surface area contributed by atoms with E-state index >= 15 is 0 Å². The minimum absolute atomic E-state index is 0.0882. The van der Waals surface area contributed by atoms with Crippen LogP contribution in [0, 0.1) is 5.92 Å². The van der Waals surface area contributed by atoms with Gasteiger partial charge in [-0.3, -0.25) is 0 Å². The number of benzene rings is 1. The van der Waals surface area contributed by atoms with Gasteiger partial charge in [-0.2, -0.15) is 0 Å². The van der Waals surface area contributed by atoms with E-state index < -0.39 is 0 Å². The predicted octanol–water partition coefficient (Wildman–Crippen LogP) is 4.25. The van der Waals surface area contributed by atoms with E-state index in [1.807, 2.05) is 0 Å². The Kier molecular flexibility index (Phi) is 4.37. The van der Waals surface area contributed by atoms with Crippen LogP contribution >= 0.6 is 0 Å². The van der Waals surface area contributed by atoms with Crippen LogP contribution in [0.5, 0.6) is 0 Å². The smallest absolute Gasteiger partial charge is 0.0631 e. The largest absolute Gasteiger partial charge is 0.372 e. The van der Waals surface area contributed by atoms with Gasteiger partial charge in [0.25, 0.3) is 0 Å². The normalized spacial score (nSPS) is 31.1. The molecule has 21 heavy (non-hydrogen) atoms. The van der Waals surface area contributed by atoms with Crippen molar-refractivity contribution in [1.82, 2.24) is 5.32 Å². The Labute approximate surface area is 129 Å². The first-order valence-corrected chi connectivity index (χ1v) is 8.58. The van der Waals surface area contributed by atoms with E-state index in [1.54, 1.807) is 0 Å². The van der Waals surface area contributed by atoms with Gasteiger partial charge in [0.05, 0.1) is 11.7 Å². The van der Waals surface area contributed by atoms with Crippen molar-refractivity contribution < 1.29 is 4.74 Å². The SMILES string of the molecule is CCNC1c2ccccc2CCC1CC1CCC(C)(C)O1. The maximum Gasteiger partial charge on any atom is 0.0631 e. The fourth-order valence-corrected chi connectivity index (χ4v) is 4.16. The van der Waals surface area contributed by atoms with Gasteiger partial charge in [-0.15, -0.1) is 0 Å². The molecule has 0 saturated carbocycles. The lowest BCUT2D eigenvalue weighted by Crippen LogP contribution is -2.34. The number of rotatable bonds is 4. The molecule has 0 aromatic heterocycles. The van der Waals surface area contributed by atoms with Crippen LogP contribution in [0.15, 0.2) is 24.3 Å². The quantitative estimate of drug-likeness (QED) is 0.894. The van der Waals surface area contributed by atoms with Crippen molar-refractivity contribution in [3.05, 3.63) is 35.4 Å². The number of aryl methyl sites for hydroxylation is 1. The van der Waals surface area contributed by atoms with E-state index in [1.165, 1.54) is 43.2 Å². The molecular weight excluding hydrogens is 258 g/mol. The van der Waals surface area contributed by atoms with E-state index in [0.717, 1.165) is 6.54 Å². The topological polar surface area (TPSA) is 21.3 Å². The second-order valence-corrected chi connectivity index (χ2v) is 7.31. The maximum absolute atomic E-state index is 6.24. The highest BCUT2D eigenvalue weighted by Gasteiger charge is 2.36. The fourth-order valence-electron chi connectivity index (χ4n) is 4.16. The van der Waals surface area contributed by atoms with E-state index in [0.29, 0.717) is 18.1 Å². The first-order valence-electron chi connectivity index (χ1n) is 8.58. The summed E-state index contributed by atoms with van der Waals surface area (Å²) in [6.45, 7) is 7.70. The van der Waals surface area contributed by atoms with E-state index in [4.69, 9.17) is 4.74 Å². The minimum atomic E-state index is 0.0882. The molecule has 1 aromatic carbocycles. The monoisotopic (exact) mass is 287 g/mol. The van der Waals surface area contributed by atoms with Crippen molar-refractivity contribution in [1.29, 1.82) is 0 Å². The number of fused-ring (bicyclic) bond motifs is 1. The zero-order valence-electron chi connectivity index (χ0n) is 13.7. The zero-order chi connectivity index (χ0) is 14.9. The first-order chi connectivity index (χ1) is 10.1. The van der Waals surface area contributed by atoms with Gasteiger partial charge in [-0.05, 0) is 69.5 Å². The molecule has 0 amide bonds. The summed E-state index contributed by atoms with van der Waals surface area (Å²) in [5.74, 6) is 0.707. The van der Waals surface area contributed by atoms with E-state index in [9.17, 15) is 0 Å². The van der Waals surface area contributed by atoms with E-state index in [2.05, 4.69) is 50.4 Å². The average Bonchev–Trinajstić information content (AvgIpc) is 2.81. The molecule has 3 atom stereocenters. The van der Waals surface area contributed by atoms with Gasteiger partial charge >= 0.3 is 0 Å². The Hall–Kier alpha value is -0.860. The van der Waals surface area contributed by atoms with Crippen LogP contribution in [0.25, 0.3) is 0 Å². The molecule has 3 rings (SSSR count). The summed E-state index contributed by atoms with van der Waals surface area (Å²) in [7, 11) is 0. The molecule has 1 aliphatic heterocycles. The Bertz CT molecular complexity index is 482. The van der Waals surface area contributed by atoms with Crippen LogP contribution in [0.2, 0.25) is 0 Å². The van der Waals surface area contributed by atoms with Gasteiger partial charge in [0.2, 0.25) is 0 Å². The molecular formula is C19H29NO. The summed E-state index contributed by atoms with van der Waals surface area (Å²) in [6, 6.07) is 9.47. The van der Waals surface area contributed by atoms with E-state index in [-0.39, 0.29) is 5.60 Å². The number of ether oxygens (including phenoxy) is 1. The molecule has 1 heterocycles. The van der Waals surface area contributed by atoms with Gasteiger partial charge in [-0.1, -0.05) is 31.2 Å². The Morgan fingerprint density at radius 1 is 1.24 bits per heavy atom. The number of nitrogens with one attached hydrogen (secondary N) is 1. The Balaban J connectivity index is 1.73. The molecule has 0 spiro atoms. The van der Waals surface area contributed by atoms with Crippen LogP contribution < -0.4 is 5.32 Å². The van der Waals surface area contributed by atoms with Crippen molar-refractivity contribution in [2.45, 2.75) is 70.6 Å². The fraction of sp³-hybridized carbons (Fsp3) is 0.684. The average molecular weight is 287 g/mol. The standard InChI is InChI=1S/C19H29NO/c1-4-20-18-15(13-16-11-12-19(2,3)21-16)10-9-14-7-5-6-8-17(14)18/h5-8,15-16,18,20H,4,9-13H2,1-3H3. The van der Waals surface area contributed by atoms with Gasteiger partial charge < -0.3 is 10.1 Å². The molecule has 2 heteroatoms. The second-order valence-electron chi connectivity index (χ2n) is 7.31. The maximum atomic E-state index is 6.24. The third-order valence-electron chi connectivity index (χ3n) is 5.19. The molecule has 2 nitrogen and oxygen atoms in total. The Morgan fingerprint density at radius 3 is 2.76 bits per heavy atom. The van der Waals surface area contributed by atoms with Crippen LogP contribution in [-0.2, 0) is 11.2 Å². The second kappa shape index (κ2) is 6.10. The van der Waals surface area contributed by atoms with Crippen LogP contribution in [0.1, 0.15) is 63.6 Å².